The number of ketones is 1. The Kier molecular flexibility index (Phi) is 3.84. The Morgan fingerprint density at radius 1 is 1.19 bits per heavy atom. The number of Topliss-reactive ketones (excluding diaryl/α,β-unsaturated/α-hetero) is 1. The fraction of sp³-hybridized carbons (Fsp3) is 0.438. The molecule has 0 N–H and O–H groups in total. The summed E-state index contributed by atoms with van der Waals surface area (Å²) in [7, 11) is 0. The second-order valence-electron chi connectivity index (χ2n) is 5.77. The van der Waals surface area contributed by atoms with Gasteiger partial charge < -0.3 is 4.57 Å². The highest BCUT2D eigenvalue weighted by Crippen LogP contribution is 2.13. The molecule has 3 rings (SSSR count). The van der Waals surface area contributed by atoms with Crippen molar-refractivity contribution in [2.24, 2.45) is 0 Å². The molecule has 1 aliphatic heterocycles. The Bertz CT molecular complexity index is 642. The number of hydrogen-bond donors (Lipinski definition) is 0. The molecular weight excluding hydrogens is 264 g/mol. The summed E-state index contributed by atoms with van der Waals surface area (Å²) >= 11 is 0. The van der Waals surface area contributed by atoms with Crippen LogP contribution >= 0.6 is 0 Å². The van der Waals surface area contributed by atoms with E-state index in [-0.39, 0.29) is 5.78 Å². The van der Waals surface area contributed by atoms with Gasteiger partial charge in [0.25, 0.3) is 0 Å². The number of carbonyl (C=O) groups excluding carboxylic acids is 1. The Morgan fingerprint density at radius 2 is 1.95 bits per heavy atom. The van der Waals surface area contributed by atoms with E-state index in [1.54, 1.807) is 6.33 Å². The number of rotatable bonds is 4. The van der Waals surface area contributed by atoms with Crippen LogP contribution in [0.4, 0.5) is 0 Å². The smallest absolute Gasteiger partial charge is 0.164 e. The molecule has 0 bridgehead atoms. The van der Waals surface area contributed by atoms with Gasteiger partial charge >= 0.3 is 0 Å². The van der Waals surface area contributed by atoms with E-state index in [2.05, 4.69) is 25.7 Å². The lowest BCUT2D eigenvalue weighted by Crippen LogP contribution is -2.35. The highest BCUT2D eigenvalue weighted by Gasteiger charge is 2.18. The van der Waals surface area contributed by atoms with Crippen LogP contribution in [0.2, 0.25) is 0 Å². The molecule has 0 saturated carbocycles. The molecule has 110 valence electrons. The van der Waals surface area contributed by atoms with Gasteiger partial charge in [-0.15, -0.1) is 10.2 Å². The highest BCUT2D eigenvalue weighted by molar-refractivity contribution is 5.96. The zero-order chi connectivity index (χ0) is 14.8. The highest BCUT2D eigenvalue weighted by atomic mass is 16.1. The molecule has 0 spiro atoms. The van der Waals surface area contributed by atoms with E-state index in [4.69, 9.17) is 0 Å². The van der Waals surface area contributed by atoms with Crippen LogP contribution < -0.4 is 0 Å². The average molecular weight is 284 g/mol. The van der Waals surface area contributed by atoms with Crippen molar-refractivity contribution >= 4 is 5.78 Å². The second-order valence-corrected chi connectivity index (χ2v) is 5.77. The molecule has 1 aromatic carbocycles. The van der Waals surface area contributed by atoms with Crippen LogP contribution in [-0.2, 0) is 13.1 Å². The van der Waals surface area contributed by atoms with Gasteiger partial charge in [-0.25, -0.2) is 0 Å². The number of aromatic nitrogens is 3. The maximum Gasteiger partial charge on any atom is 0.164 e. The van der Waals surface area contributed by atoms with Crippen LogP contribution in [0.3, 0.4) is 0 Å². The quantitative estimate of drug-likeness (QED) is 0.806. The third-order valence-corrected chi connectivity index (χ3v) is 3.92. The first-order chi connectivity index (χ1) is 10.1. The van der Waals surface area contributed by atoms with Gasteiger partial charge in [-0.1, -0.05) is 17.2 Å². The minimum absolute atomic E-state index is 0.217. The summed E-state index contributed by atoms with van der Waals surface area (Å²) in [5, 5.41) is 8.02. The van der Waals surface area contributed by atoms with Gasteiger partial charge in [-0.2, -0.15) is 0 Å². The van der Waals surface area contributed by atoms with Crippen LogP contribution in [0.1, 0.15) is 33.7 Å². The largest absolute Gasteiger partial charge is 0.315 e. The summed E-state index contributed by atoms with van der Waals surface area (Å²) in [4.78, 5) is 14.6. The first-order valence-electron chi connectivity index (χ1n) is 7.32. The minimum atomic E-state index is 0.217. The van der Waals surface area contributed by atoms with Crippen LogP contribution in [0, 0.1) is 13.8 Å². The first-order valence-corrected chi connectivity index (χ1v) is 7.32. The lowest BCUT2D eigenvalue weighted by molar-refractivity contribution is 0.0955. The molecular formula is C16H20N4O. The minimum Gasteiger partial charge on any atom is -0.315 e. The van der Waals surface area contributed by atoms with Gasteiger partial charge in [0.2, 0.25) is 0 Å². The predicted octanol–water partition coefficient (Wildman–Crippen LogP) is 1.98. The van der Waals surface area contributed by atoms with Crippen molar-refractivity contribution in [3.8, 4) is 0 Å². The van der Waals surface area contributed by atoms with Gasteiger partial charge in [0.05, 0.1) is 6.54 Å². The van der Waals surface area contributed by atoms with Crippen molar-refractivity contribution in [3.63, 3.8) is 0 Å². The van der Waals surface area contributed by atoms with E-state index in [9.17, 15) is 4.79 Å². The fourth-order valence-corrected chi connectivity index (χ4v) is 2.85. The topological polar surface area (TPSA) is 51.0 Å². The normalized spacial score (nSPS) is 15.0. The molecule has 0 atom stereocenters. The lowest BCUT2D eigenvalue weighted by atomic mass is 10.0. The molecule has 2 aromatic rings. The van der Waals surface area contributed by atoms with Crippen molar-refractivity contribution in [2.75, 3.05) is 13.1 Å². The Balaban J connectivity index is 1.59. The van der Waals surface area contributed by atoms with E-state index in [0.717, 1.165) is 48.7 Å². The molecule has 0 amide bonds. The third kappa shape index (κ3) is 3.19. The van der Waals surface area contributed by atoms with Gasteiger partial charge in [0, 0.05) is 31.6 Å². The van der Waals surface area contributed by atoms with E-state index in [1.165, 1.54) is 0 Å². The van der Waals surface area contributed by atoms with Crippen LogP contribution in [0.5, 0.6) is 0 Å². The molecule has 5 nitrogen and oxygen atoms in total. The molecule has 1 aromatic heterocycles. The molecule has 1 aliphatic rings. The Labute approximate surface area is 124 Å². The van der Waals surface area contributed by atoms with Gasteiger partial charge in [-0.3, -0.25) is 9.69 Å². The maximum absolute atomic E-state index is 12.3. The Morgan fingerprint density at radius 3 is 2.71 bits per heavy atom. The second kappa shape index (κ2) is 5.77. The van der Waals surface area contributed by atoms with E-state index < -0.39 is 0 Å². The summed E-state index contributed by atoms with van der Waals surface area (Å²) in [5.41, 5.74) is 3.11. The summed E-state index contributed by atoms with van der Waals surface area (Å²) in [6.45, 7) is 7.46. The Hall–Kier alpha value is -2.01. The van der Waals surface area contributed by atoms with E-state index in [0.29, 0.717) is 6.42 Å². The van der Waals surface area contributed by atoms with E-state index >= 15 is 0 Å². The van der Waals surface area contributed by atoms with Crippen molar-refractivity contribution in [1.82, 2.24) is 19.7 Å². The van der Waals surface area contributed by atoms with Gasteiger partial charge in [-0.05, 0) is 26.0 Å². The zero-order valence-electron chi connectivity index (χ0n) is 12.5. The predicted molar refractivity (Wildman–Crippen MR) is 80.2 cm³/mol. The first kappa shape index (κ1) is 13.9. The molecule has 21 heavy (non-hydrogen) atoms. The maximum atomic E-state index is 12.3. The standard InChI is InChI=1S/C16H20N4O/c1-12-7-13(2)9-14(8-12)15(21)3-4-19-5-6-20-11-17-18-16(20)10-19/h7-9,11H,3-6,10H2,1-2H3. The number of nitrogens with zero attached hydrogens (tertiary/aromatic N) is 4. The van der Waals surface area contributed by atoms with Gasteiger partial charge in [0.1, 0.15) is 12.2 Å². The molecule has 0 unspecified atom stereocenters. The number of fused-ring (bicyclic) bond motifs is 1. The molecule has 5 heteroatoms. The van der Waals surface area contributed by atoms with Crippen LogP contribution in [0.15, 0.2) is 24.5 Å². The summed E-state index contributed by atoms with van der Waals surface area (Å²) in [6, 6.07) is 6.04. The van der Waals surface area contributed by atoms with Crippen molar-refractivity contribution in [2.45, 2.75) is 33.4 Å². The molecule has 2 heterocycles. The molecule has 0 radical (unpaired) electrons. The number of hydrogen-bond acceptors (Lipinski definition) is 4. The SMILES string of the molecule is Cc1cc(C)cc(C(=O)CCN2CCn3cnnc3C2)c1. The van der Waals surface area contributed by atoms with Crippen molar-refractivity contribution in [3.05, 3.63) is 47.0 Å². The monoisotopic (exact) mass is 284 g/mol. The average Bonchev–Trinajstić information content (AvgIpc) is 2.91. The molecule has 0 fully saturated rings. The third-order valence-electron chi connectivity index (χ3n) is 3.92. The molecule has 0 aliphatic carbocycles. The van der Waals surface area contributed by atoms with Crippen LogP contribution in [-0.4, -0.2) is 38.5 Å². The summed E-state index contributed by atoms with van der Waals surface area (Å²) < 4.78 is 2.07. The fourth-order valence-electron chi connectivity index (χ4n) is 2.85. The number of aryl methyl sites for hydroxylation is 2. The lowest BCUT2D eigenvalue weighted by Gasteiger charge is -2.26. The van der Waals surface area contributed by atoms with E-state index in [1.807, 2.05) is 26.0 Å². The number of carbonyl (C=O) groups is 1. The summed E-state index contributed by atoms with van der Waals surface area (Å²) in [6.07, 6.45) is 2.32. The van der Waals surface area contributed by atoms with Crippen molar-refractivity contribution in [1.29, 1.82) is 0 Å². The summed E-state index contributed by atoms with van der Waals surface area (Å²) in [5.74, 6) is 1.20. The zero-order valence-corrected chi connectivity index (χ0v) is 12.5. The van der Waals surface area contributed by atoms with Crippen LogP contribution in [0.25, 0.3) is 0 Å². The van der Waals surface area contributed by atoms with Gasteiger partial charge in [0.15, 0.2) is 5.78 Å². The van der Waals surface area contributed by atoms with Crippen molar-refractivity contribution < 1.29 is 4.79 Å². The number of benzene rings is 1. The molecule has 0 saturated heterocycles.